The molecule has 8 rings (SSSR count). The Bertz CT molecular complexity index is 3760. The maximum Gasteiger partial charge on any atom is 0.198 e. The molecule has 0 saturated carbocycles. The van der Waals surface area contributed by atoms with Gasteiger partial charge in [-0.1, -0.05) is 0 Å². The summed E-state index contributed by atoms with van der Waals surface area (Å²) < 4.78 is 453. The maximum absolute atomic E-state index is 15.8. The van der Waals surface area contributed by atoms with Crippen LogP contribution in [0.25, 0.3) is 66.1 Å². The second-order valence-corrected chi connectivity index (χ2v) is 14.9. The smallest absolute Gasteiger partial charge is 0.198 e. The van der Waals surface area contributed by atoms with Crippen molar-refractivity contribution in [1.82, 2.24) is 0 Å². The molecule has 30 heteroatoms. The normalized spacial score (nSPS) is 15.3. The van der Waals surface area contributed by atoms with Gasteiger partial charge in [0.2, 0.25) is 0 Å². The van der Waals surface area contributed by atoms with E-state index in [1.807, 2.05) is 0 Å². The number of hydrogen-bond acceptors (Lipinski definition) is 0. The molecule has 0 aromatic heterocycles. The Morgan fingerprint density at radius 1 is 0.149 bits per heavy atom. The van der Waals surface area contributed by atoms with Gasteiger partial charge in [-0.2, -0.15) is 0 Å². The van der Waals surface area contributed by atoms with Crippen LogP contribution >= 0.6 is 0 Å². The molecular weight excluding hydrogens is 1100 g/mol. The van der Waals surface area contributed by atoms with Crippen LogP contribution in [0, 0.1) is 151 Å². The van der Waals surface area contributed by atoms with Crippen molar-refractivity contribution in [2.45, 2.75) is 12.3 Å². The molecule has 0 N–H and O–H groups in total. The van der Waals surface area contributed by atoms with Gasteiger partial charge in [-0.15, -0.1) is 0 Å². The Hall–Kier alpha value is -7.56. The SMILES string of the molecule is FC1=C(c2c(F)c(F)c(-c3c(F)c(F)c(-c4c(F)c(F)c5c(F)c(F)c(F)c(F)c5c4F)c(F)c3F)c(F)c2F)C(F)C(F)C(c2c(F)c(F)c(-c3c(F)c(F)c4c(F)c(F)c(F)c(F)c4c3F)c(F)c2F)=C1F. The fraction of sp³-hybridized carbons (Fsp3) is 0.0455. The van der Waals surface area contributed by atoms with Crippen molar-refractivity contribution in [3.8, 4) is 33.4 Å². The third kappa shape index (κ3) is 6.72. The van der Waals surface area contributed by atoms with Crippen LogP contribution in [0.15, 0.2) is 11.7 Å². The molecule has 2 unspecified atom stereocenters. The van der Waals surface area contributed by atoms with E-state index < -0.39 is 252 Å². The average molecular weight is 1100 g/mol. The zero-order valence-corrected chi connectivity index (χ0v) is 33.5. The minimum Gasteiger partial charge on any atom is -0.239 e. The van der Waals surface area contributed by atoms with Crippen LogP contribution in [0.2, 0.25) is 0 Å². The number of allylic oxidation sites excluding steroid dienone is 4. The maximum atomic E-state index is 15.8. The molecule has 1 aliphatic rings. The van der Waals surface area contributed by atoms with Gasteiger partial charge in [-0.3, -0.25) is 0 Å². The van der Waals surface area contributed by atoms with Gasteiger partial charge in [-0.05, 0) is 0 Å². The fourth-order valence-electron chi connectivity index (χ4n) is 7.92. The lowest BCUT2D eigenvalue weighted by molar-refractivity contribution is 0.250. The molecule has 7 aromatic rings. The predicted octanol–water partition coefficient (Wildman–Crippen LogP) is 16.4. The molecule has 0 bridgehead atoms. The minimum atomic E-state index is -4.61. The summed E-state index contributed by atoms with van der Waals surface area (Å²) in [6.45, 7) is 0. The number of rotatable bonds is 5. The molecule has 0 spiro atoms. The van der Waals surface area contributed by atoms with E-state index in [-0.39, 0.29) is 0 Å². The van der Waals surface area contributed by atoms with Crippen molar-refractivity contribution in [3.05, 3.63) is 174 Å². The summed E-state index contributed by atoms with van der Waals surface area (Å²) in [6, 6.07) is 0. The molecule has 0 fully saturated rings. The molecule has 2 atom stereocenters. The van der Waals surface area contributed by atoms with E-state index in [9.17, 15) is 43.9 Å². The highest BCUT2D eigenvalue weighted by Crippen LogP contribution is 2.51. The molecule has 74 heavy (non-hydrogen) atoms. The van der Waals surface area contributed by atoms with E-state index >= 15 is 87.8 Å². The van der Waals surface area contributed by atoms with Crippen molar-refractivity contribution >= 4 is 32.7 Å². The van der Waals surface area contributed by atoms with Gasteiger partial charge in [0.1, 0.15) is 11.6 Å². The highest BCUT2D eigenvalue weighted by Gasteiger charge is 2.48. The fourth-order valence-corrected chi connectivity index (χ4v) is 7.92. The van der Waals surface area contributed by atoms with E-state index in [2.05, 4.69) is 0 Å². The van der Waals surface area contributed by atoms with Gasteiger partial charge in [0.25, 0.3) is 0 Å². The third-order valence-electron chi connectivity index (χ3n) is 11.2. The first-order chi connectivity index (χ1) is 34.3. The van der Waals surface area contributed by atoms with Gasteiger partial charge < -0.3 is 0 Å². The summed E-state index contributed by atoms with van der Waals surface area (Å²) in [5.41, 5.74) is -30.0. The predicted molar refractivity (Wildman–Crippen MR) is 189 cm³/mol. The second kappa shape index (κ2) is 17.5. The molecule has 1 aliphatic carbocycles. The van der Waals surface area contributed by atoms with Crippen molar-refractivity contribution in [2.24, 2.45) is 0 Å². The molecular formula is C44H2F30. The topological polar surface area (TPSA) is 0 Å². The minimum absolute atomic E-state index is 2.47. The second-order valence-electron chi connectivity index (χ2n) is 14.9. The van der Waals surface area contributed by atoms with Crippen molar-refractivity contribution in [1.29, 1.82) is 0 Å². The number of halogens is 30. The Morgan fingerprint density at radius 2 is 0.284 bits per heavy atom. The number of benzene rings is 7. The van der Waals surface area contributed by atoms with Crippen molar-refractivity contribution < 1.29 is 132 Å². The summed E-state index contributed by atoms with van der Waals surface area (Å²) in [7, 11) is 0. The van der Waals surface area contributed by atoms with Crippen LogP contribution in [-0.2, 0) is 0 Å². The van der Waals surface area contributed by atoms with E-state index in [1.54, 1.807) is 0 Å². The Balaban J connectivity index is 1.31. The van der Waals surface area contributed by atoms with Crippen molar-refractivity contribution in [3.63, 3.8) is 0 Å². The molecule has 0 aliphatic heterocycles. The van der Waals surface area contributed by atoms with Crippen LogP contribution in [0.1, 0.15) is 11.1 Å². The third-order valence-corrected chi connectivity index (χ3v) is 11.2. The highest BCUT2D eigenvalue weighted by molar-refractivity contribution is 5.94. The van der Waals surface area contributed by atoms with Crippen LogP contribution in [-0.4, -0.2) is 12.3 Å². The van der Waals surface area contributed by atoms with Crippen LogP contribution in [0.3, 0.4) is 0 Å². The molecule has 0 nitrogen and oxygen atoms in total. The largest absolute Gasteiger partial charge is 0.239 e. The lowest BCUT2D eigenvalue weighted by Crippen LogP contribution is -2.29. The summed E-state index contributed by atoms with van der Waals surface area (Å²) in [6.07, 6.45) is -9.21. The van der Waals surface area contributed by atoms with Gasteiger partial charge in [0, 0.05) is 11.1 Å². The Morgan fingerprint density at radius 3 is 0.486 bits per heavy atom. The van der Waals surface area contributed by atoms with Gasteiger partial charge in [0.15, 0.2) is 164 Å². The Labute approximate surface area is 384 Å². The average Bonchev–Trinajstić information content (AvgIpc) is 3.35. The first-order valence-corrected chi connectivity index (χ1v) is 18.6. The van der Waals surface area contributed by atoms with Gasteiger partial charge >= 0.3 is 0 Å². The van der Waals surface area contributed by atoms with E-state index in [0.717, 1.165) is 0 Å². The lowest BCUT2D eigenvalue weighted by Gasteiger charge is -2.27. The summed E-state index contributed by atoms with van der Waals surface area (Å²) in [5, 5.41) is -10.0. The van der Waals surface area contributed by atoms with E-state index in [4.69, 9.17) is 0 Å². The highest BCUT2D eigenvalue weighted by atomic mass is 19.2. The first-order valence-electron chi connectivity index (χ1n) is 18.6. The van der Waals surface area contributed by atoms with E-state index in [0.29, 0.717) is 0 Å². The zero-order chi connectivity index (χ0) is 55.4. The molecule has 7 aromatic carbocycles. The van der Waals surface area contributed by atoms with Crippen molar-refractivity contribution in [2.75, 3.05) is 0 Å². The quantitative estimate of drug-likeness (QED) is 0.0915. The molecule has 0 amide bonds. The van der Waals surface area contributed by atoms with Gasteiger partial charge in [-0.25, -0.2) is 132 Å². The first kappa shape index (κ1) is 52.8. The Kier molecular flexibility index (Phi) is 12.5. The lowest BCUT2D eigenvalue weighted by atomic mass is 9.83. The molecule has 388 valence electrons. The number of hydrogen-bond donors (Lipinski definition) is 0. The number of alkyl halides is 2. The van der Waals surface area contributed by atoms with Crippen LogP contribution in [0.4, 0.5) is 132 Å². The number of fused-ring (bicyclic) bond motifs is 2. The zero-order valence-electron chi connectivity index (χ0n) is 33.5. The molecule has 0 saturated heterocycles. The summed E-state index contributed by atoms with van der Waals surface area (Å²) in [5.74, 6) is -91.0. The summed E-state index contributed by atoms with van der Waals surface area (Å²) >= 11 is 0. The molecule has 0 heterocycles. The monoisotopic (exact) mass is 1100 g/mol. The van der Waals surface area contributed by atoms with Gasteiger partial charge in [0.05, 0.1) is 66.1 Å². The standard InChI is InChI=1S/C44H2F30/c45-15-1(17(47)23(53)7-3(15)37(67)41(71)43(73)39(7)69)5-19(49)25(55)9(26(56)20(5)50)11-29(59)33(63)13(34(64)30(11)60)14-35(65)31(61)12(32(62)36(14)66)10-27(57)21(51)6(22(52)28(10)58)2-16(46)4-8(24(54)18(2)48)40(70)44(74)42(72)38(4)68/h29,33H. The van der Waals surface area contributed by atoms with E-state index in [1.165, 1.54) is 0 Å². The van der Waals surface area contributed by atoms with Crippen LogP contribution < -0.4 is 0 Å². The molecule has 0 radical (unpaired) electrons. The summed E-state index contributed by atoms with van der Waals surface area (Å²) in [4.78, 5) is 0. The van der Waals surface area contributed by atoms with Crippen LogP contribution in [0.5, 0.6) is 0 Å².